The van der Waals surface area contributed by atoms with Gasteiger partial charge in [0.1, 0.15) is 29.1 Å². The third-order valence-electron chi connectivity index (χ3n) is 6.95. The zero-order valence-corrected chi connectivity index (χ0v) is 25.5. The number of benzene rings is 3. The molecule has 1 aromatic heterocycles. The normalized spacial score (nSPS) is 13.8. The zero-order valence-electron chi connectivity index (χ0n) is 24.7. The fourth-order valence-electron chi connectivity index (χ4n) is 4.70. The summed E-state index contributed by atoms with van der Waals surface area (Å²) in [5.74, 6) is 1.55. The predicted octanol–water partition coefficient (Wildman–Crippen LogP) is 5.70. The summed E-state index contributed by atoms with van der Waals surface area (Å²) in [4.78, 5) is 37.8. The molecular formula is C32H30N2O9S. The smallest absolute Gasteiger partial charge is 0.290 e. The number of imide groups is 1. The number of allylic oxidation sites excluding steroid dienone is 1. The molecule has 0 atom stereocenters. The number of fused-ring (bicyclic) bond motifs is 1. The number of ether oxygens (including phenoxy) is 5. The van der Waals surface area contributed by atoms with Gasteiger partial charge in [-0.25, -0.2) is 0 Å². The van der Waals surface area contributed by atoms with E-state index in [2.05, 4.69) is 10.6 Å². The van der Waals surface area contributed by atoms with Gasteiger partial charge in [-0.15, -0.1) is 0 Å². The van der Waals surface area contributed by atoms with Crippen molar-refractivity contribution in [2.24, 2.45) is 0 Å². The lowest BCUT2D eigenvalue weighted by Gasteiger charge is -2.15. The number of hydrogen-bond acceptors (Lipinski definition) is 11. The first-order valence-electron chi connectivity index (χ1n) is 13.4. The van der Waals surface area contributed by atoms with E-state index in [4.69, 9.17) is 28.1 Å². The van der Waals surface area contributed by atoms with E-state index < -0.39 is 5.43 Å². The summed E-state index contributed by atoms with van der Waals surface area (Å²) in [5.41, 5.74) is 2.74. The van der Waals surface area contributed by atoms with Gasteiger partial charge in [0.25, 0.3) is 11.1 Å². The monoisotopic (exact) mass is 618 g/mol. The number of thioether (sulfide) groups is 1. The maximum absolute atomic E-state index is 13.9. The van der Waals surface area contributed by atoms with Crippen molar-refractivity contribution >= 4 is 45.1 Å². The molecule has 1 saturated heterocycles. The van der Waals surface area contributed by atoms with Crippen LogP contribution in [0, 0.1) is 0 Å². The van der Waals surface area contributed by atoms with Crippen LogP contribution >= 0.6 is 11.8 Å². The molecular weight excluding hydrogens is 588 g/mol. The van der Waals surface area contributed by atoms with Crippen molar-refractivity contribution < 1.29 is 37.7 Å². The van der Waals surface area contributed by atoms with Crippen LogP contribution in [0.5, 0.6) is 28.7 Å². The van der Waals surface area contributed by atoms with Crippen molar-refractivity contribution in [3.05, 3.63) is 75.3 Å². The van der Waals surface area contributed by atoms with E-state index in [0.717, 1.165) is 23.0 Å². The minimum atomic E-state index is -0.407. The SMILES string of the molecule is COc1cc(OC)c2c(=O)c(OCCNc3ccc(/C(C)=C4\SC(=O)NC4=O)cc3)c(-c3ccc(OC)c(OC)c3)oc2c1. The minimum absolute atomic E-state index is 0.00877. The fraction of sp³-hybridized carbons (Fsp3) is 0.219. The van der Waals surface area contributed by atoms with Crippen LogP contribution in [0.1, 0.15) is 12.5 Å². The lowest BCUT2D eigenvalue weighted by molar-refractivity contribution is -0.115. The third-order valence-corrected chi connectivity index (χ3v) is 7.93. The van der Waals surface area contributed by atoms with Crippen LogP contribution < -0.4 is 39.7 Å². The molecule has 3 aromatic carbocycles. The fourth-order valence-corrected chi connectivity index (χ4v) is 5.44. The molecule has 1 aliphatic heterocycles. The Balaban J connectivity index is 1.41. The second-order valence-electron chi connectivity index (χ2n) is 9.51. The Bertz CT molecular complexity index is 1830. The Morgan fingerprint density at radius 3 is 2.23 bits per heavy atom. The molecule has 2 heterocycles. The molecule has 12 heteroatoms. The molecule has 0 spiro atoms. The van der Waals surface area contributed by atoms with Gasteiger partial charge in [-0.1, -0.05) is 12.1 Å². The molecule has 0 saturated carbocycles. The molecule has 1 fully saturated rings. The van der Waals surface area contributed by atoms with Gasteiger partial charge < -0.3 is 33.4 Å². The number of methoxy groups -OCH3 is 4. The molecule has 1 aliphatic rings. The summed E-state index contributed by atoms with van der Waals surface area (Å²) in [6.07, 6.45) is 0. The Hall–Kier alpha value is -5.10. The first-order chi connectivity index (χ1) is 21.3. The van der Waals surface area contributed by atoms with Crippen molar-refractivity contribution in [3.63, 3.8) is 0 Å². The molecule has 228 valence electrons. The highest BCUT2D eigenvalue weighted by Crippen LogP contribution is 2.39. The van der Waals surface area contributed by atoms with Gasteiger partial charge >= 0.3 is 0 Å². The first-order valence-corrected chi connectivity index (χ1v) is 14.3. The van der Waals surface area contributed by atoms with Crippen LogP contribution in [0.2, 0.25) is 0 Å². The predicted molar refractivity (Wildman–Crippen MR) is 168 cm³/mol. The molecule has 11 nitrogen and oxygen atoms in total. The lowest BCUT2D eigenvalue weighted by atomic mass is 10.1. The highest BCUT2D eigenvalue weighted by Gasteiger charge is 2.27. The second kappa shape index (κ2) is 13.0. The summed E-state index contributed by atoms with van der Waals surface area (Å²) in [7, 11) is 6.03. The largest absolute Gasteiger partial charge is 0.496 e. The summed E-state index contributed by atoms with van der Waals surface area (Å²) in [6, 6.07) is 15.8. The highest BCUT2D eigenvalue weighted by molar-refractivity contribution is 8.18. The molecule has 44 heavy (non-hydrogen) atoms. The van der Waals surface area contributed by atoms with Crippen molar-refractivity contribution in [1.82, 2.24) is 5.32 Å². The van der Waals surface area contributed by atoms with Gasteiger partial charge in [-0.3, -0.25) is 19.7 Å². The molecule has 0 aliphatic carbocycles. The van der Waals surface area contributed by atoms with Crippen LogP contribution in [0.25, 0.3) is 27.9 Å². The van der Waals surface area contributed by atoms with Crippen molar-refractivity contribution in [2.75, 3.05) is 46.9 Å². The number of rotatable bonds is 11. The quantitative estimate of drug-likeness (QED) is 0.158. The Morgan fingerprint density at radius 1 is 0.864 bits per heavy atom. The topological polar surface area (TPSA) is 135 Å². The number of carbonyl (C=O) groups excluding carboxylic acids is 2. The molecule has 4 aromatic rings. The molecule has 2 amide bonds. The molecule has 5 rings (SSSR count). The molecule has 0 radical (unpaired) electrons. The van der Waals surface area contributed by atoms with E-state index in [-0.39, 0.29) is 46.0 Å². The van der Waals surface area contributed by atoms with Gasteiger partial charge in [0.05, 0.1) is 33.3 Å². The molecule has 2 N–H and O–H groups in total. The van der Waals surface area contributed by atoms with Crippen molar-refractivity contribution in [2.45, 2.75) is 6.92 Å². The summed E-state index contributed by atoms with van der Waals surface area (Å²) in [6.45, 7) is 2.28. The van der Waals surface area contributed by atoms with Crippen LogP contribution in [0.4, 0.5) is 10.5 Å². The van der Waals surface area contributed by atoms with E-state index in [1.807, 2.05) is 24.3 Å². The number of hydrogen-bond donors (Lipinski definition) is 2. The minimum Gasteiger partial charge on any atom is -0.496 e. The second-order valence-corrected chi connectivity index (χ2v) is 10.5. The van der Waals surface area contributed by atoms with E-state index in [9.17, 15) is 14.4 Å². The Morgan fingerprint density at radius 2 is 1.59 bits per heavy atom. The maximum atomic E-state index is 13.9. The van der Waals surface area contributed by atoms with Gasteiger partial charge in [-0.05, 0) is 60.2 Å². The number of amides is 2. The van der Waals surface area contributed by atoms with Gasteiger partial charge in [-0.2, -0.15) is 0 Å². The molecule has 0 unspecified atom stereocenters. The number of nitrogens with one attached hydrogen (secondary N) is 2. The van der Waals surface area contributed by atoms with Crippen molar-refractivity contribution in [3.8, 4) is 40.1 Å². The van der Waals surface area contributed by atoms with Crippen molar-refractivity contribution in [1.29, 1.82) is 0 Å². The van der Waals surface area contributed by atoms with Gasteiger partial charge in [0, 0.05) is 29.9 Å². The van der Waals surface area contributed by atoms with Crippen LogP contribution in [-0.4, -0.2) is 52.7 Å². The van der Waals surface area contributed by atoms with E-state index in [0.29, 0.717) is 39.8 Å². The Kier molecular flexibility index (Phi) is 9.00. The summed E-state index contributed by atoms with van der Waals surface area (Å²) in [5, 5.41) is 5.38. The number of carbonyl (C=O) groups is 2. The summed E-state index contributed by atoms with van der Waals surface area (Å²) < 4.78 is 34.0. The van der Waals surface area contributed by atoms with Crippen LogP contribution in [0.15, 0.2) is 68.7 Å². The average Bonchev–Trinajstić information content (AvgIpc) is 3.39. The number of anilines is 1. The van der Waals surface area contributed by atoms with E-state index >= 15 is 0 Å². The van der Waals surface area contributed by atoms with Crippen LogP contribution in [-0.2, 0) is 4.79 Å². The van der Waals surface area contributed by atoms with E-state index in [1.165, 1.54) is 28.4 Å². The maximum Gasteiger partial charge on any atom is 0.290 e. The Labute approximate surface area is 257 Å². The zero-order chi connectivity index (χ0) is 31.4. The average molecular weight is 619 g/mol. The molecule has 0 bridgehead atoms. The lowest BCUT2D eigenvalue weighted by Crippen LogP contribution is -2.18. The van der Waals surface area contributed by atoms with Crippen LogP contribution in [0.3, 0.4) is 0 Å². The highest BCUT2D eigenvalue weighted by atomic mass is 32.2. The standard InChI is InChI=1S/C32H30N2O9S/c1-17(30-31(36)34-32(37)44-30)18-6-9-20(10-7-18)33-12-13-42-29-27(35)26-24(41-5)15-21(38-2)16-25(26)43-28(29)19-8-11-22(39-3)23(14-19)40-4/h6-11,14-16,33H,12-13H2,1-5H3,(H,34,36,37)/b30-17-. The van der Waals surface area contributed by atoms with Gasteiger partial charge in [0.2, 0.25) is 11.2 Å². The first kappa shape index (κ1) is 30.4. The summed E-state index contributed by atoms with van der Waals surface area (Å²) >= 11 is 0.892. The van der Waals surface area contributed by atoms with E-state index in [1.54, 1.807) is 37.3 Å². The third kappa shape index (κ3) is 6.02. The van der Waals surface area contributed by atoms with Gasteiger partial charge in [0.15, 0.2) is 17.3 Å².